The van der Waals surface area contributed by atoms with Crippen molar-refractivity contribution in [1.82, 2.24) is 4.90 Å². The van der Waals surface area contributed by atoms with Crippen molar-refractivity contribution >= 4 is 11.8 Å². The zero-order valence-electron chi connectivity index (χ0n) is 32.7. The summed E-state index contributed by atoms with van der Waals surface area (Å²) in [4.78, 5) is 29.6. The molecule has 16 atom stereocenters. The minimum atomic E-state index is -0.821. The van der Waals surface area contributed by atoms with Crippen molar-refractivity contribution in [3.63, 3.8) is 0 Å². The lowest BCUT2D eigenvalue weighted by Crippen LogP contribution is -2.59. The number of fused-ring (bicyclic) bond motifs is 1. The normalized spacial score (nSPS) is 39.5. The number of aliphatic hydroxyl groups excluding tert-OH is 1. The molecule has 0 amide bonds. The van der Waals surface area contributed by atoms with Crippen molar-refractivity contribution < 1.29 is 43.1 Å². The zero-order valence-corrected chi connectivity index (χ0v) is 32.7. The predicted octanol–water partition coefficient (Wildman–Crippen LogP) is 5.45. The van der Waals surface area contributed by atoms with Gasteiger partial charge in [0.05, 0.1) is 68.3 Å². The topological polar surface area (TPSA) is 113 Å². The lowest BCUT2D eigenvalue weighted by molar-refractivity contribution is -0.235. The molecule has 0 spiro atoms. The fourth-order valence-corrected chi connectivity index (χ4v) is 9.74. The van der Waals surface area contributed by atoms with Crippen LogP contribution in [0.2, 0.25) is 0 Å². The van der Waals surface area contributed by atoms with E-state index >= 15 is 0 Å². The second-order valence-electron chi connectivity index (χ2n) is 16.6. The first-order valence-electron chi connectivity index (χ1n) is 19.2. The number of ketones is 1. The van der Waals surface area contributed by atoms with Crippen molar-refractivity contribution in [2.75, 3.05) is 40.1 Å². The summed E-state index contributed by atoms with van der Waals surface area (Å²) >= 11 is 0. The Morgan fingerprint density at radius 2 is 1.78 bits per heavy atom. The molecular weight excluding hydrogens is 626 g/mol. The van der Waals surface area contributed by atoms with Crippen LogP contribution >= 0.6 is 0 Å². The average molecular weight is 696 g/mol. The minimum absolute atomic E-state index is 0.0318. The molecular formula is C39H69NO9. The first-order valence-corrected chi connectivity index (χ1v) is 19.2. The van der Waals surface area contributed by atoms with Crippen LogP contribution in [-0.2, 0) is 38.0 Å². The first-order chi connectivity index (χ1) is 23.0. The van der Waals surface area contributed by atoms with Gasteiger partial charge in [-0.15, -0.1) is 0 Å². The summed E-state index contributed by atoms with van der Waals surface area (Å²) in [7, 11) is 1.63. The molecule has 10 heteroatoms. The van der Waals surface area contributed by atoms with Crippen LogP contribution in [0, 0.1) is 35.0 Å². The van der Waals surface area contributed by atoms with Gasteiger partial charge in [0.1, 0.15) is 23.6 Å². The Kier molecular flexibility index (Phi) is 13.5. The van der Waals surface area contributed by atoms with E-state index in [2.05, 4.69) is 46.4 Å². The Balaban J connectivity index is 1.58. The van der Waals surface area contributed by atoms with Gasteiger partial charge in [-0.3, -0.25) is 14.5 Å². The highest BCUT2D eigenvalue weighted by Crippen LogP contribution is 2.51. The van der Waals surface area contributed by atoms with Gasteiger partial charge in [-0.05, 0) is 50.9 Å². The summed E-state index contributed by atoms with van der Waals surface area (Å²) < 4.78 is 37.0. The van der Waals surface area contributed by atoms with Gasteiger partial charge >= 0.3 is 5.97 Å². The van der Waals surface area contributed by atoms with E-state index < -0.39 is 35.4 Å². The summed E-state index contributed by atoms with van der Waals surface area (Å²) in [6, 6.07) is 0.448. The SMILES string of the molecule is CCC(=O)[C@H](C)C[C@@](C)(CC)[C@H](C)[C@@H](C)C([C@H]1C[C@@](C)(OC)[C@@H](O)[C@H](C)O1)[C@@H](C)C(=O)O[C@H](CC)[C@@]1(C)OCC2C1N2CC1COCCO1. The maximum atomic E-state index is 14.4. The molecule has 5 unspecified atom stereocenters. The van der Waals surface area contributed by atoms with Gasteiger partial charge in [-0.25, -0.2) is 0 Å². The second-order valence-corrected chi connectivity index (χ2v) is 16.6. The molecule has 1 N–H and O–H groups in total. The van der Waals surface area contributed by atoms with Crippen LogP contribution in [0.1, 0.15) is 108 Å². The summed E-state index contributed by atoms with van der Waals surface area (Å²) in [5.41, 5.74) is -1.58. The van der Waals surface area contributed by atoms with Crippen LogP contribution < -0.4 is 0 Å². The van der Waals surface area contributed by atoms with Crippen molar-refractivity contribution in [3.8, 4) is 0 Å². The number of aliphatic hydroxyl groups is 1. The van der Waals surface area contributed by atoms with Gasteiger partial charge in [0.25, 0.3) is 0 Å². The van der Waals surface area contributed by atoms with Crippen LogP contribution in [0.25, 0.3) is 0 Å². The molecule has 0 aromatic heterocycles. The Morgan fingerprint density at radius 3 is 2.35 bits per heavy atom. The maximum absolute atomic E-state index is 14.4. The summed E-state index contributed by atoms with van der Waals surface area (Å²) in [6.45, 7) is 26.1. The number of hydrogen-bond acceptors (Lipinski definition) is 10. The van der Waals surface area contributed by atoms with Gasteiger partial charge < -0.3 is 33.5 Å². The lowest BCUT2D eigenvalue weighted by Gasteiger charge is -2.51. The van der Waals surface area contributed by atoms with E-state index in [1.165, 1.54) is 0 Å². The van der Waals surface area contributed by atoms with E-state index in [9.17, 15) is 14.7 Å². The Bertz CT molecular complexity index is 1120. The molecule has 0 radical (unpaired) electrons. The molecule has 0 saturated carbocycles. The maximum Gasteiger partial charge on any atom is 0.309 e. The number of carbonyl (C=O) groups excluding carboxylic acids is 2. The Hall–Kier alpha value is -1.14. The van der Waals surface area contributed by atoms with Gasteiger partial charge in [0.2, 0.25) is 0 Å². The highest BCUT2D eigenvalue weighted by molar-refractivity contribution is 5.80. The summed E-state index contributed by atoms with van der Waals surface area (Å²) in [5, 5.41) is 11.1. The zero-order chi connectivity index (χ0) is 36.5. The molecule has 4 rings (SSSR count). The van der Waals surface area contributed by atoms with E-state index in [4.69, 9.17) is 28.4 Å². The molecule has 49 heavy (non-hydrogen) atoms. The molecule has 4 aliphatic rings. The van der Waals surface area contributed by atoms with Crippen molar-refractivity contribution in [2.24, 2.45) is 35.0 Å². The third kappa shape index (κ3) is 8.26. The van der Waals surface area contributed by atoms with E-state index in [1.54, 1.807) is 7.11 Å². The van der Waals surface area contributed by atoms with Crippen LogP contribution in [0.3, 0.4) is 0 Å². The molecule has 0 aromatic carbocycles. The number of esters is 1. The lowest BCUT2D eigenvalue weighted by atomic mass is 9.60. The van der Waals surface area contributed by atoms with Crippen molar-refractivity contribution in [2.45, 2.75) is 162 Å². The van der Waals surface area contributed by atoms with E-state index in [1.807, 2.05) is 34.6 Å². The largest absolute Gasteiger partial charge is 0.459 e. The van der Waals surface area contributed by atoms with E-state index in [-0.39, 0.29) is 59.1 Å². The van der Waals surface area contributed by atoms with Crippen LogP contribution in [-0.4, -0.2) is 116 Å². The monoisotopic (exact) mass is 695 g/mol. The first kappa shape index (κ1) is 40.6. The third-order valence-electron chi connectivity index (χ3n) is 13.7. The Labute approximate surface area is 296 Å². The number of hydrogen-bond donors (Lipinski definition) is 1. The fourth-order valence-electron chi connectivity index (χ4n) is 9.74. The molecule has 4 saturated heterocycles. The quantitative estimate of drug-likeness (QED) is 0.156. The summed E-state index contributed by atoms with van der Waals surface area (Å²) in [5.74, 6) is -0.540. The molecule has 284 valence electrons. The highest BCUT2D eigenvalue weighted by atomic mass is 16.6. The molecule has 10 nitrogen and oxygen atoms in total. The number of carbonyl (C=O) groups is 2. The number of morpholine rings is 1. The van der Waals surface area contributed by atoms with Crippen LogP contribution in [0.4, 0.5) is 0 Å². The van der Waals surface area contributed by atoms with Crippen molar-refractivity contribution in [3.05, 3.63) is 0 Å². The molecule has 0 aromatic rings. The number of nitrogens with zero attached hydrogens (tertiary/aromatic N) is 1. The molecule has 4 fully saturated rings. The van der Waals surface area contributed by atoms with Crippen molar-refractivity contribution in [1.29, 1.82) is 0 Å². The number of Topliss-reactive ketones (excluding diaryl/α,β-unsaturated/α-hetero) is 1. The molecule has 4 heterocycles. The fraction of sp³-hybridized carbons (Fsp3) is 0.949. The summed E-state index contributed by atoms with van der Waals surface area (Å²) in [6.07, 6.45) is 1.32. The van der Waals surface area contributed by atoms with Gasteiger partial charge in [-0.1, -0.05) is 61.8 Å². The number of rotatable bonds is 17. The average Bonchev–Trinajstić information content (AvgIpc) is 3.67. The minimum Gasteiger partial charge on any atom is -0.459 e. The standard InChI is InChI=1S/C39H69NO9/c1-13-30(41)23(4)18-37(9,15-3)26(7)24(5)33(31-19-38(10,44-12)35(42)27(8)48-31)25(6)36(43)49-32(14-2)39(11)34-29(22-47-39)40(34)20-28-21-45-16-17-46-28/h23-29,31-35,42H,13-22H2,1-12H3/t23-,24-,25-,26-,27+,28?,29?,31-,32-,33?,34?,35+,37-,38-,39-,40?/m1/s1. The third-order valence-corrected chi connectivity index (χ3v) is 13.7. The Morgan fingerprint density at radius 1 is 1.08 bits per heavy atom. The van der Waals surface area contributed by atoms with Gasteiger partial charge in [0, 0.05) is 38.3 Å². The smallest absolute Gasteiger partial charge is 0.309 e. The molecule has 4 aliphatic heterocycles. The highest BCUT2D eigenvalue weighted by Gasteiger charge is 2.67. The molecule has 0 aliphatic carbocycles. The van der Waals surface area contributed by atoms with E-state index in [0.717, 1.165) is 19.4 Å². The van der Waals surface area contributed by atoms with Crippen LogP contribution in [0.5, 0.6) is 0 Å². The number of ether oxygens (including phenoxy) is 6. The van der Waals surface area contributed by atoms with Gasteiger partial charge in [0.15, 0.2) is 0 Å². The number of methoxy groups -OCH3 is 1. The molecule has 0 bridgehead atoms. The predicted molar refractivity (Wildman–Crippen MR) is 188 cm³/mol. The van der Waals surface area contributed by atoms with E-state index in [0.29, 0.717) is 51.7 Å². The second kappa shape index (κ2) is 16.3. The van der Waals surface area contributed by atoms with Crippen LogP contribution in [0.15, 0.2) is 0 Å². The van der Waals surface area contributed by atoms with Gasteiger partial charge in [-0.2, -0.15) is 0 Å².